The Morgan fingerprint density at radius 1 is 1.18 bits per heavy atom. The van der Waals surface area contributed by atoms with Crippen LogP contribution in [0.1, 0.15) is 35.6 Å². The molecular formula is C19H18F5NO3. The molecule has 4 nitrogen and oxygen atoms in total. The lowest BCUT2D eigenvalue weighted by Gasteiger charge is -2.19. The van der Waals surface area contributed by atoms with Crippen molar-refractivity contribution in [2.75, 3.05) is 12.4 Å². The summed E-state index contributed by atoms with van der Waals surface area (Å²) in [4.78, 5) is 11.4. The van der Waals surface area contributed by atoms with Crippen molar-refractivity contribution in [2.45, 2.75) is 32.6 Å². The minimum absolute atomic E-state index is 0.189. The normalized spacial score (nSPS) is 11.4. The Morgan fingerprint density at radius 3 is 2.46 bits per heavy atom. The van der Waals surface area contributed by atoms with Crippen molar-refractivity contribution in [1.82, 2.24) is 0 Å². The highest BCUT2D eigenvalue weighted by Crippen LogP contribution is 2.37. The zero-order valence-corrected chi connectivity index (χ0v) is 15.1. The minimum Gasteiger partial charge on any atom is -0.488 e. The first kappa shape index (κ1) is 21.5. The monoisotopic (exact) mass is 403 g/mol. The van der Waals surface area contributed by atoms with Gasteiger partial charge in [0, 0.05) is 5.56 Å². The maximum absolute atomic E-state index is 13.4. The van der Waals surface area contributed by atoms with Crippen LogP contribution >= 0.6 is 0 Å². The van der Waals surface area contributed by atoms with E-state index in [1.54, 1.807) is 13.0 Å². The molecule has 0 saturated heterocycles. The summed E-state index contributed by atoms with van der Waals surface area (Å²) in [6.45, 7) is 1.11. The summed E-state index contributed by atoms with van der Waals surface area (Å²) in [5, 5.41) is 2.18. The molecule has 0 aliphatic carbocycles. The van der Waals surface area contributed by atoms with Crippen molar-refractivity contribution in [3.05, 3.63) is 58.7 Å². The zero-order valence-electron chi connectivity index (χ0n) is 15.1. The van der Waals surface area contributed by atoms with Crippen LogP contribution < -0.4 is 10.1 Å². The molecule has 152 valence electrons. The van der Waals surface area contributed by atoms with Crippen molar-refractivity contribution in [2.24, 2.45) is 0 Å². The number of carbonyl (C=O) groups excluding carboxylic acids is 1. The predicted octanol–water partition coefficient (Wildman–Crippen LogP) is 5.96. The van der Waals surface area contributed by atoms with Gasteiger partial charge in [0.2, 0.25) is 0 Å². The number of anilines is 1. The van der Waals surface area contributed by atoms with Gasteiger partial charge in [-0.25, -0.2) is 13.6 Å². The highest BCUT2D eigenvalue weighted by Gasteiger charge is 2.34. The highest BCUT2D eigenvalue weighted by atomic mass is 19.4. The van der Waals surface area contributed by atoms with Crippen LogP contribution in [0, 0.1) is 0 Å². The quantitative estimate of drug-likeness (QED) is 0.605. The third-order valence-electron chi connectivity index (χ3n) is 3.99. The molecule has 28 heavy (non-hydrogen) atoms. The van der Waals surface area contributed by atoms with E-state index >= 15 is 0 Å². The van der Waals surface area contributed by atoms with Crippen LogP contribution in [-0.2, 0) is 23.9 Å². The lowest BCUT2D eigenvalue weighted by atomic mass is 10.0. The number of aryl methyl sites for hydroxylation is 1. The highest BCUT2D eigenvalue weighted by molar-refractivity contribution is 5.85. The van der Waals surface area contributed by atoms with Crippen molar-refractivity contribution >= 4 is 11.8 Å². The van der Waals surface area contributed by atoms with E-state index in [0.717, 1.165) is 19.2 Å². The average Bonchev–Trinajstić information content (AvgIpc) is 2.65. The van der Waals surface area contributed by atoms with Gasteiger partial charge in [-0.2, -0.15) is 13.2 Å². The maximum Gasteiger partial charge on any atom is 0.416 e. The van der Waals surface area contributed by atoms with Crippen LogP contribution in [0.25, 0.3) is 0 Å². The standard InChI is InChI=1S/C19H18F5NO3/c1-3-11-7-8-16(12(9-11)17(20)21)28-10-13-14(19(22,23)24)5-4-6-15(13)25-18(26)27-2/h4-9,17H,3,10H2,1-2H3,(H,25,26). The van der Waals surface area contributed by atoms with E-state index in [9.17, 15) is 26.7 Å². The fourth-order valence-electron chi connectivity index (χ4n) is 2.56. The first-order valence-corrected chi connectivity index (χ1v) is 8.25. The van der Waals surface area contributed by atoms with Gasteiger partial charge in [-0.05, 0) is 36.2 Å². The van der Waals surface area contributed by atoms with Crippen molar-refractivity contribution in [1.29, 1.82) is 0 Å². The van der Waals surface area contributed by atoms with Gasteiger partial charge in [-0.15, -0.1) is 0 Å². The molecule has 0 atom stereocenters. The molecular weight excluding hydrogens is 385 g/mol. The topological polar surface area (TPSA) is 47.6 Å². The summed E-state index contributed by atoms with van der Waals surface area (Å²) >= 11 is 0. The van der Waals surface area contributed by atoms with Gasteiger partial charge in [0.25, 0.3) is 6.43 Å². The summed E-state index contributed by atoms with van der Waals surface area (Å²) in [6.07, 6.45) is -8.04. The van der Waals surface area contributed by atoms with Crippen molar-refractivity contribution in [3.63, 3.8) is 0 Å². The molecule has 0 aromatic heterocycles. The number of ether oxygens (including phenoxy) is 2. The Balaban J connectivity index is 2.41. The van der Waals surface area contributed by atoms with Crippen LogP contribution in [0.5, 0.6) is 5.75 Å². The van der Waals surface area contributed by atoms with E-state index in [-0.39, 0.29) is 11.4 Å². The Hall–Kier alpha value is -2.84. The van der Waals surface area contributed by atoms with Crippen molar-refractivity contribution < 1.29 is 36.2 Å². The van der Waals surface area contributed by atoms with Crippen LogP contribution in [0.15, 0.2) is 36.4 Å². The second-order valence-corrected chi connectivity index (χ2v) is 5.76. The third kappa shape index (κ3) is 5.11. The second-order valence-electron chi connectivity index (χ2n) is 5.76. The number of benzene rings is 2. The minimum atomic E-state index is -4.73. The van der Waals surface area contributed by atoms with E-state index < -0.39 is 42.0 Å². The van der Waals surface area contributed by atoms with Gasteiger partial charge in [0.15, 0.2) is 0 Å². The molecule has 0 unspecified atom stereocenters. The number of rotatable bonds is 6. The fourth-order valence-corrected chi connectivity index (χ4v) is 2.56. The molecule has 1 N–H and O–H groups in total. The Bertz CT molecular complexity index is 837. The Labute approximate surface area is 158 Å². The molecule has 9 heteroatoms. The fraction of sp³-hybridized carbons (Fsp3) is 0.316. The second kappa shape index (κ2) is 8.90. The molecule has 0 saturated carbocycles. The van der Waals surface area contributed by atoms with E-state index in [0.29, 0.717) is 12.0 Å². The van der Waals surface area contributed by atoms with Gasteiger partial charge in [-0.3, -0.25) is 5.32 Å². The van der Waals surface area contributed by atoms with Gasteiger partial charge in [0.05, 0.1) is 23.9 Å². The van der Waals surface area contributed by atoms with Gasteiger partial charge >= 0.3 is 12.3 Å². The van der Waals surface area contributed by atoms with Crippen LogP contribution in [0.3, 0.4) is 0 Å². The zero-order chi connectivity index (χ0) is 20.9. The summed E-state index contributed by atoms with van der Waals surface area (Å²) < 4.78 is 76.4. The van der Waals surface area contributed by atoms with Crippen LogP contribution in [-0.4, -0.2) is 13.2 Å². The lowest BCUT2D eigenvalue weighted by Crippen LogP contribution is -2.17. The van der Waals surface area contributed by atoms with Gasteiger partial charge < -0.3 is 9.47 Å². The Morgan fingerprint density at radius 2 is 1.89 bits per heavy atom. The number of hydrogen-bond donors (Lipinski definition) is 1. The molecule has 0 fully saturated rings. The first-order chi connectivity index (χ1) is 13.2. The van der Waals surface area contributed by atoms with Crippen molar-refractivity contribution in [3.8, 4) is 5.75 Å². The number of amides is 1. The maximum atomic E-state index is 13.4. The Kier molecular flexibility index (Phi) is 6.82. The number of alkyl halides is 5. The van der Waals surface area contributed by atoms with E-state index in [2.05, 4.69) is 10.1 Å². The summed E-state index contributed by atoms with van der Waals surface area (Å²) in [6, 6.07) is 7.27. The predicted molar refractivity (Wildman–Crippen MR) is 92.6 cm³/mol. The molecule has 0 aliphatic heterocycles. The lowest BCUT2D eigenvalue weighted by molar-refractivity contribution is -0.138. The third-order valence-corrected chi connectivity index (χ3v) is 3.99. The molecule has 0 heterocycles. The number of carbonyl (C=O) groups is 1. The molecule has 2 aromatic carbocycles. The van der Waals surface area contributed by atoms with Crippen LogP contribution in [0.4, 0.5) is 32.4 Å². The average molecular weight is 403 g/mol. The molecule has 0 radical (unpaired) electrons. The molecule has 2 aromatic rings. The smallest absolute Gasteiger partial charge is 0.416 e. The van der Waals surface area contributed by atoms with E-state index in [1.807, 2.05) is 0 Å². The van der Waals surface area contributed by atoms with Crippen LogP contribution in [0.2, 0.25) is 0 Å². The van der Waals surface area contributed by atoms with Gasteiger partial charge in [0.1, 0.15) is 12.4 Å². The summed E-state index contributed by atoms with van der Waals surface area (Å²) in [5.74, 6) is -0.229. The number of methoxy groups -OCH3 is 1. The van der Waals surface area contributed by atoms with Gasteiger partial charge in [-0.1, -0.05) is 19.1 Å². The number of nitrogens with one attached hydrogen (secondary N) is 1. The molecule has 0 spiro atoms. The summed E-state index contributed by atoms with van der Waals surface area (Å²) in [7, 11) is 1.06. The van der Waals surface area contributed by atoms with E-state index in [4.69, 9.17) is 4.74 Å². The number of hydrogen-bond acceptors (Lipinski definition) is 3. The molecule has 0 bridgehead atoms. The molecule has 0 aliphatic rings. The van der Waals surface area contributed by atoms with E-state index in [1.165, 1.54) is 18.2 Å². The molecule has 2 rings (SSSR count). The first-order valence-electron chi connectivity index (χ1n) is 8.25. The largest absolute Gasteiger partial charge is 0.488 e. The number of halogens is 5. The SMILES string of the molecule is CCc1ccc(OCc2c(NC(=O)OC)cccc2C(F)(F)F)c(C(F)F)c1. The summed E-state index contributed by atoms with van der Waals surface area (Å²) in [5.41, 5.74) is -1.41. The molecule has 1 amide bonds.